The number of nitrogens with one attached hydrogen (secondary N) is 1. The Balaban J connectivity index is 1.56. The van der Waals surface area contributed by atoms with Crippen molar-refractivity contribution in [2.45, 2.75) is 12.8 Å². The molecule has 2 heterocycles. The molecule has 4 rings (SSSR count). The molecule has 0 saturated carbocycles. The first-order chi connectivity index (χ1) is 15.3. The van der Waals surface area contributed by atoms with Crippen molar-refractivity contribution in [1.29, 1.82) is 0 Å². The number of aromatic nitrogens is 1. The van der Waals surface area contributed by atoms with Crippen molar-refractivity contribution in [3.05, 3.63) is 52.9 Å². The number of benzene rings is 2. The van der Waals surface area contributed by atoms with Crippen LogP contribution in [-0.4, -0.2) is 46.3 Å². The molecule has 1 N–H and O–H groups in total. The number of carbonyl (C=O) groups is 1. The average Bonchev–Trinajstić information content (AvgIpc) is 3.25. The van der Waals surface area contributed by atoms with Gasteiger partial charge < -0.3 is 9.47 Å². The second kappa shape index (κ2) is 8.79. The SMILES string of the molecule is COc1ccc(OC)c(-c2csc(NC(=O)c3ccc4c(c3)CCCN4S(C)(=O)=O)n2)c1. The van der Waals surface area contributed by atoms with Gasteiger partial charge in [0.15, 0.2) is 5.13 Å². The number of aryl methyl sites for hydroxylation is 1. The quantitative estimate of drug-likeness (QED) is 0.585. The van der Waals surface area contributed by atoms with Crippen molar-refractivity contribution >= 4 is 38.1 Å². The number of amides is 1. The molecule has 1 aliphatic rings. The largest absolute Gasteiger partial charge is 0.497 e. The van der Waals surface area contributed by atoms with Gasteiger partial charge in [-0.3, -0.25) is 14.4 Å². The van der Waals surface area contributed by atoms with E-state index in [9.17, 15) is 13.2 Å². The zero-order valence-electron chi connectivity index (χ0n) is 17.9. The number of carbonyl (C=O) groups excluding carboxylic acids is 1. The Morgan fingerprint density at radius 3 is 2.69 bits per heavy atom. The van der Waals surface area contributed by atoms with Crippen molar-refractivity contribution in [3.63, 3.8) is 0 Å². The van der Waals surface area contributed by atoms with Crippen molar-refractivity contribution in [2.24, 2.45) is 0 Å². The van der Waals surface area contributed by atoms with Crippen LogP contribution < -0.4 is 19.1 Å². The summed E-state index contributed by atoms with van der Waals surface area (Å²) in [6.45, 7) is 0.451. The highest BCUT2D eigenvalue weighted by atomic mass is 32.2. The number of hydrogen-bond acceptors (Lipinski definition) is 7. The summed E-state index contributed by atoms with van der Waals surface area (Å²) < 4.78 is 36.2. The average molecular weight is 474 g/mol. The number of thiazole rings is 1. The van der Waals surface area contributed by atoms with Gasteiger partial charge in [0.05, 0.1) is 31.9 Å². The normalized spacial score (nSPS) is 13.4. The van der Waals surface area contributed by atoms with E-state index in [4.69, 9.17) is 9.47 Å². The summed E-state index contributed by atoms with van der Waals surface area (Å²) in [5.74, 6) is 1.03. The van der Waals surface area contributed by atoms with Crippen LogP contribution >= 0.6 is 11.3 Å². The summed E-state index contributed by atoms with van der Waals surface area (Å²) >= 11 is 1.31. The maximum Gasteiger partial charge on any atom is 0.257 e. The van der Waals surface area contributed by atoms with E-state index in [0.717, 1.165) is 17.5 Å². The molecule has 0 fully saturated rings. The summed E-state index contributed by atoms with van der Waals surface area (Å²) in [5.41, 5.74) is 3.36. The van der Waals surface area contributed by atoms with E-state index in [-0.39, 0.29) is 5.91 Å². The Morgan fingerprint density at radius 2 is 1.97 bits per heavy atom. The molecule has 1 aromatic heterocycles. The Morgan fingerprint density at radius 1 is 1.16 bits per heavy atom. The summed E-state index contributed by atoms with van der Waals surface area (Å²) in [6.07, 6.45) is 2.63. The van der Waals surface area contributed by atoms with Gasteiger partial charge in [-0.05, 0) is 54.8 Å². The van der Waals surface area contributed by atoms with E-state index in [0.29, 0.717) is 46.5 Å². The molecule has 1 amide bonds. The maximum atomic E-state index is 12.8. The number of fused-ring (bicyclic) bond motifs is 1. The summed E-state index contributed by atoms with van der Waals surface area (Å²) in [5, 5.41) is 5.11. The lowest BCUT2D eigenvalue weighted by molar-refractivity contribution is 0.102. The van der Waals surface area contributed by atoms with Crippen LogP contribution in [0.4, 0.5) is 10.8 Å². The third-order valence-electron chi connectivity index (χ3n) is 5.23. The molecule has 168 valence electrons. The van der Waals surface area contributed by atoms with Crippen LogP contribution in [0.3, 0.4) is 0 Å². The predicted molar refractivity (Wildman–Crippen MR) is 126 cm³/mol. The lowest BCUT2D eigenvalue weighted by Gasteiger charge is -2.29. The third kappa shape index (κ3) is 4.42. The lowest BCUT2D eigenvalue weighted by atomic mass is 10.0. The number of anilines is 2. The minimum absolute atomic E-state index is 0.303. The van der Waals surface area contributed by atoms with E-state index >= 15 is 0 Å². The van der Waals surface area contributed by atoms with Gasteiger partial charge in [0, 0.05) is 23.1 Å². The number of hydrogen-bond donors (Lipinski definition) is 1. The molecule has 0 bridgehead atoms. The van der Waals surface area contributed by atoms with Crippen LogP contribution in [0.1, 0.15) is 22.3 Å². The molecule has 0 saturated heterocycles. The zero-order chi connectivity index (χ0) is 22.9. The first kappa shape index (κ1) is 22.1. The summed E-state index contributed by atoms with van der Waals surface area (Å²) in [6, 6.07) is 10.5. The highest BCUT2D eigenvalue weighted by Gasteiger charge is 2.25. The fourth-order valence-electron chi connectivity index (χ4n) is 3.69. The molecule has 0 unspecified atom stereocenters. The molecule has 0 spiro atoms. The number of rotatable bonds is 6. The van der Waals surface area contributed by atoms with Gasteiger partial charge in [-0.1, -0.05) is 0 Å². The van der Waals surface area contributed by atoms with Gasteiger partial charge in [0.1, 0.15) is 11.5 Å². The molecule has 3 aromatic rings. The molecular formula is C22H23N3O5S2. The Labute approximate surface area is 190 Å². The lowest BCUT2D eigenvalue weighted by Crippen LogP contribution is -2.34. The molecule has 8 nitrogen and oxygen atoms in total. The van der Waals surface area contributed by atoms with E-state index in [1.54, 1.807) is 44.6 Å². The Kier molecular flexibility index (Phi) is 6.07. The zero-order valence-corrected chi connectivity index (χ0v) is 19.5. The number of methoxy groups -OCH3 is 2. The summed E-state index contributed by atoms with van der Waals surface area (Å²) in [7, 11) is -0.176. The van der Waals surface area contributed by atoms with Gasteiger partial charge >= 0.3 is 0 Å². The van der Waals surface area contributed by atoms with Crippen LogP contribution in [0.5, 0.6) is 11.5 Å². The highest BCUT2D eigenvalue weighted by Crippen LogP contribution is 2.35. The molecule has 0 atom stereocenters. The summed E-state index contributed by atoms with van der Waals surface area (Å²) in [4.78, 5) is 17.4. The second-order valence-electron chi connectivity index (χ2n) is 7.34. The molecule has 0 radical (unpaired) electrons. The fraction of sp³-hybridized carbons (Fsp3) is 0.273. The molecule has 10 heteroatoms. The maximum absolute atomic E-state index is 12.8. The van der Waals surface area contributed by atoms with Gasteiger partial charge in [0.2, 0.25) is 10.0 Å². The van der Waals surface area contributed by atoms with Crippen molar-refractivity contribution < 1.29 is 22.7 Å². The fourth-order valence-corrected chi connectivity index (χ4v) is 5.39. The molecule has 32 heavy (non-hydrogen) atoms. The molecule has 0 aliphatic carbocycles. The van der Waals surface area contributed by atoms with Crippen LogP contribution in [0.2, 0.25) is 0 Å². The molecule has 2 aromatic carbocycles. The molecular weight excluding hydrogens is 450 g/mol. The molecule has 1 aliphatic heterocycles. The first-order valence-corrected chi connectivity index (χ1v) is 12.6. The van der Waals surface area contributed by atoms with Crippen LogP contribution in [-0.2, 0) is 16.4 Å². The van der Waals surface area contributed by atoms with Gasteiger partial charge in [-0.15, -0.1) is 11.3 Å². The van der Waals surface area contributed by atoms with E-state index in [2.05, 4.69) is 10.3 Å². The number of ether oxygens (including phenoxy) is 2. The standard InChI is InChI=1S/C22H23N3O5S2/c1-29-16-7-9-20(30-2)17(12-16)18-13-31-22(23-18)24-21(26)15-6-8-19-14(11-15)5-4-10-25(19)32(3,27)28/h6-9,11-13H,4-5,10H2,1-3H3,(H,23,24,26). The minimum atomic E-state index is -3.35. The number of nitrogens with zero attached hydrogens (tertiary/aromatic N) is 2. The predicted octanol–water partition coefficient (Wildman–Crippen LogP) is 3.79. The monoisotopic (exact) mass is 473 g/mol. The number of sulfonamides is 1. The highest BCUT2D eigenvalue weighted by molar-refractivity contribution is 7.92. The van der Waals surface area contributed by atoms with Gasteiger partial charge in [0.25, 0.3) is 5.91 Å². The van der Waals surface area contributed by atoms with Crippen molar-refractivity contribution in [1.82, 2.24) is 4.98 Å². The first-order valence-electron chi connectivity index (χ1n) is 9.90. The van der Waals surface area contributed by atoms with E-state index in [1.807, 2.05) is 11.4 Å². The van der Waals surface area contributed by atoms with Gasteiger partial charge in [-0.2, -0.15) is 0 Å². The third-order valence-corrected chi connectivity index (χ3v) is 7.16. The van der Waals surface area contributed by atoms with Crippen LogP contribution in [0, 0.1) is 0 Å². The van der Waals surface area contributed by atoms with E-state index in [1.165, 1.54) is 21.9 Å². The minimum Gasteiger partial charge on any atom is -0.497 e. The van der Waals surface area contributed by atoms with Crippen LogP contribution in [0.25, 0.3) is 11.3 Å². The smallest absolute Gasteiger partial charge is 0.257 e. The van der Waals surface area contributed by atoms with Crippen molar-refractivity contribution in [3.8, 4) is 22.8 Å². The van der Waals surface area contributed by atoms with Crippen LogP contribution in [0.15, 0.2) is 41.8 Å². The van der Waals surface area contributed by atoms with E-state index < -0.39 is 10.0 Å². The van der Waals surface area contributed by atoms with Gasteiger partial charge in [-0.25, -0.2) is 13.4 Å². The Bertz CT molecular complexity index is 1270. The Hall–Kier alpha value is -3.11. The van der Waals surface area contributed by atoms with Crippen molar-refractivity contribution in [2.75, 3.05) is 36.6 Å². The topological polar surface area (TPSA) is 97.8 Å². The second-order valence-corrected chi connectivity index (χ2v) is 10.1.